The van der Waals surface area contributed by atoms with Crippen LogP contribution >= 0.6 is 0 Å². The second kappa shape index (κ2) is 4.17. The van der Waals surface area contributed by atoms with Crippen molar-refractivity contribution in [1.29, 1.82) is 0 Å². The lowest BCUT2D eigenvalue weighted by atomic mass is 9.99. The Morgan fingerprint density at radius 1 is 1.36 bits per heavy atom. The number of carbonyl (C=O) groups is 1. The maximum Gasteiger partial charge on any atom is 0.506 e. The highest BCUT2D eigenvalue weighted by atomic mass is 16.7. The van der Waals surface area contributed by atoms with Gasteiger partial charge in [0.05, 0.1) is 0 Å². The summed E-state index contributed by atoms with van der Waals surface area (Å²) < 4.78 is 4.74. The van der Waals surface area contributed by atoms with Gasteiger partial charge in [0.25, 0.3) is 0 Å². The van der Waals surface area contributed by atoms with Crippen LogP contribution in [0.25, 0.3) is 0 Å². The van der Waals surface area contributed by atoms with Crippen LogP contribution in [0.4, 0.5) is 4.79 Å². The summed E-state index contributed by atoms with van der Waals surface area (Å²) in [4.78, 5) is 12.7. The summed E-state index contributed by atoms with van der Waals surface area (Å²) in [5, 5.41) is 8.46. The maximum atomic E-state index is 10.3. The Morgan fingerprint density at radius 2 is 1.86 bits per heavy atom. The van der Waals surface area contributed by atoms with E-state index in [-0.39, 0.29) is 11.6 Å². The lowest BCUT2D eigenvalue weighted by Gasteiger charge is -2.40. The molecule has 0 saturated carbocycles. The molecular weight excluding hydrogens is 182 g/mol. The zero-order chi connectivity index (χ0) is 10.8. The van der Waals surface area contributed by atoms with E-state index in [1.807, 2.05) is 0 Å². The molecule has 0 aromatic rings. The van der Waals surface area contributed by atoms with E-state index in [2.05, 4.69) is 25.7 Å². The highest BCUT2D eigenvalue weighted by molar-refractivity contribution is 5.57. The molecule has 4 nitrogen and oxygen atoms in total. The van der Waals surface area contributed by atoms with Crippen LogP contribution in [-0.2, 0) is 4.74 Å². The first-order valence-corrected chi connectivity index (χ1v) is 5.04. The quantitative estimate of drug-likeness (QED) is 0.659. The molecule has 0 bridgehead atoms. The Balaban J connectivity index is 2.35. The molecule has 1 saturated heterocycles. The van der Waals surface area contributed by atoms with Gasteiger partial charge in [-0.05, 0) is 33.6 Å². The molecule has 1 fully saturated rings. The third-order valence-electron chi connectivity index (χ3n) is 2.66. The van der Waals surface area contributed by atoms with Gasteiger partial charge in [-0.1, -0.05) is 0 Å². The molecule has 0 aromatic carbocycles. The SMILES string of the molecule is CC(C)(C)N1CCC(OC(=O)O)CC1. The van der Waals surface area contributed by atoms with Gasteiger partial charge in [-0.3, -0.25) is 4.90 Å². The molecule has 0 unspecified atom stereocenters. The summed E-state index contributed by atoms with van der Waals surface area (Å²) in [5.41, 5.74) is 0.175. The van der Waals surface area contributed by atoms with Crippen molar-refractivity contribution < 1.29 is 14.6 Å². The van der Waals surface area contributed by atoms with Gasteiger partial charge in [-0.25, -0.2) is 4.79 Å². The zero-order valence-corrected chi connectivity index (χ0v) is 9.12. The minimum atomic E-state index is -1.15. The fourth-order valence-electron chi connectivity index (χ4n) is 1.79. The van der Waals surface area contributed by atoms with E-state index in [0.717, 1.165) is 25.9 Å². The molecule has 1 aliphatic heterocycles. The number of hydrogen-bond donors (Lipinski definition) is 1. The second-order valence-corrected chi connectivity index (χ2v) is 4.74. The molecule has 0 aromatic heterocycles. The Labute approximate surface area is 84.8 Å². The third kappa shape index (κ3) is 3.18. The molecule has 0 radical (unpaired) electrons. The highest BCUT2D eigenvalue weighted by Crippen LogP contribution is 2.21. The number of piperidine rings is 1. The number of likely N-dealkylation sites (tertiary alicyclic amines) is 1. The van der Waals surface area contributed by atoms with Crippen molar-refractivity contribution in [2.75, 3.05) is 13.1 Å². The van der Waals surface area contributed by atoms with Crippen LogP contribution in [0.3, 0.4) is 0 Å². The van der Waals surface area contributed by atoms with Gasteiger partial charge in [0.1, 0.15) is 6.10 Å². The summed E-state index contributed by atoms with van der Waals surface area (Å²) in [6, 6.07) is 0. The van der Waals surface area contributed by atoms with Crippen molar-refractivity contribution in [2.45, 2.75) is 45.3 Å². The molecule has 82 valence electrons. The lowest BCUT2D eigenvalue weighted by molar-refractivity contribution is 0.00146. The van der Waals surface area contributed by atoms with Crippen LogP contribution in [-0.4, -0.2) is 40.9 Å². The van der Waals surface area contributed by atoms with Crippen LogP contribution in [0.1, 0.15) is 33.6 Å². The molecule has 0 amide bonds. The molecule has 1 N–H and O–H groups in total. The van der Waals surface area contributed by atoms with Crippen LogP contribution in [0, 0.1) is 0 Å². The Bertz CT molecular complexity index is 202. The molecule has 1 rings (SSSR count). The van der Waals surface area contributed by atoms with E-state index in [0.29, 0.717) is 0 Å². The Kier molecular flexibility index (Phi) is 3.37. The molecule has 0 aliphatic carbocycles. The molecule has 1 aliphatic rings. The van der Waals surface area contributed by atoms with E-state index in [1.165, 1.54) is 0 Å². The number of ether oxygens (including phenoxy) is 1. The zero-order valence-electron chi connectivity index (χ0n) is 9.12. The van der Waals surface area contributed by atoms with Crippen LogP contribution in [0.5, 0.6) is 0 Å². The molecule has 4 heteroatoms. The van der Waals surface area contributed by atoms with E-state index < -0.39 is 6.16 Å². The monoisotopic (exact) mass is 201 g/mol. The van der Waals surface area contributed by atoms with Crippen LogP contribution < -0.4 is 0 Å². The Morgan fingerprint density at radius 3 is 2.21 bits per heavy atom. The smallest absolute Gasteiger partial charge is 0.450 e. The first-order valence-electron chi connectivity index (χ1n) is 5.04. The number of carboxylic acid groups (broad SMARTS) is 1. The van der Waals surface area contributed by atoms with Gasteiger partial charge in [0.2, 0.25) is 0 Å². The van der Waals surface area contributed by atoms with Gasteiger partial charge >= 0.3 is 6.16 Å². The largest absolute Gasteiger partial charge is 0.506 e. The van der Waals surface area contributed by atoms with Crippen molar-refractivity contribution in [1.82, 2.24) is 4.90 Å². The molecular formula is C10H19NO3. The first kappa shape index (κ1) is 11.3. The second-order valence-electron chi connectivity index (χ2n) is 4.74. The normalized spacial score (nSPS) is 20.8. The summed E-state index contributed by atoms with van der Waals surface area (Å²) in [5.74, 6) is 0. The topological polar surface area (TPSA) is 49.8 Å². The predicted octanol–water partition coefficient (Wildman–Crippen LogP) is 1.94. The molecule has 0 spiro atoms. The Hall–Kier alpha value is -0.770. The fourth-order valence-corrected chi connectivity index (χ4v) is 1.79. The van der Waals surface area contributed by atoms with E-state index >= 15 is 0 Å². The van der Waals surface area contributed by atoms with Crippen molar-refractivity contribution >= 4 is 6.16 Å². The van der Waals surface area contributed by atoms with Crippen molar-refractivity contribution in [3.05, 3.63) is 0 Å². The highest BCUT2D eigenvalue weighted by Gasteiger charge is 2.28. The molecule has 14 heavy (non-hydrogen) atoms. The van der Waals surface area contributed by atoms with Gasteiger partial charge in [-0.15, -0.1) is 0 Å². The summed E-state index contributed by atoms with van der Waals surface area (Å²) >= 11 is 0. The number of nitrogens with zero attached hydrogens (tertiary/aromatic N) is 1. The minimum Gasteiger partial charge on any atom is -0.450 e. The van der Waals surface area contributed by atoms with Gasteiger partial charge in [-0.2, -0.15) is 0 Å². The van der Waals surface area contributed by atoms with Crippen molar-refractivity contribution in [3.8, 4) is 0 Å². The average molecular weight is 201 g/mol. The van der Waals surface area contributed by atoms with E-state index in [4.69, 9.17) is 9.84 Å². The van der Waals surface area contributed by atoms with Gasteiger partial charge in [0.15, 0.2) is 0 Å². The summed E-state index contributed by atoms with van der Waals surface area (Å²) in [7, 11) is 0. The lowest BCUT2D eigenvalue weighted by Crippen LogP contribution is -2.47. The molecule has 1 heterocycles. The van der Waals surface area contributed by atoms with E-state index in [9.17, 15) is 4.79 Å². The van der Waals surface area contributed by atoms with Crippen molar-refractivity contribution in [3.63, 3.8) is 0 Å². The average Bonchev–Trinajstić information content (AvgIpc) is 2.02. The van der Waals surface area contributed by atoms with E-state index in [1.54, 1.807) is 0 Å². The number of rotatable bonds is 1. The fraction of sp³-hybridized carbons (Fsp3) is 0.900. The van der Waals surface area contributed by atoms with Crippen LogP contribution in [0.15, 0.2) is 0 Å². The van der Waals surface area contributed by atoms with Crippen molar-refractivity contribution in [2.24, 2.45) is 0 Å². The maximum absolute atomic E-state index is 10.3. The standard InChI is InChI=1S/C10H19NO3/c1-10(2,3)11-6-4-8(5-7-11)14-9(12)13/h8H,4-7H2,1-3H3,(H,12,13). The van der Waals surface area contributed by atoms with Gasteiger partial charge < -0.3 is 9.84 Å². The summed E-state index contributed by atoms with van der Waals surface area (Å²) in [6.07, 6.45) is 0.359. The molecule has 0 atom stereocenters. The number of hydrogen-bond acceptors (Lipinski definition) is 3. The first-order chi connectivity index (χ1) is 6.39. The predicted molar refractivity (Wildman–Crippen MR) is 53.5 cm³/mol. The van der Waals surface area contributed by atoms with Crippen LogP contribution in [0.2, 0.25) is 0 Å². The third-order valence-corrected chi connectivity index (χ3v) is 2.66. The minimum absolute atomic E-state index is 0.105. The van der Waals surface area contributed by atoms with Gasteiger partial charge in [0, 0.05) is 18.6 Å². The summed E-state index contributed by atoms with van der Waals surface area (Å²) in [6.45, 7) is 8.35.